The highest BCUT2D eigenvalue weighted by Crippen LogP contribution is 2.28. The van der Waals surface area contributed by atoms with E-state index >= 15 is 0 Å². The van der Waals surface area contributed by atoms with E-state index in [1.54, 1.807) is 0 Å². The summed E-state index contributed by atoms with van der Waals surface area (Å²) < 4.78 is 0. The molecule has 0 spiro atoms. The van der Waals surface area contributed by atoms with Crippen LogP contribution in [0, 0.1) is 0 Å². The van der Waals surface area contributed by atoms with Crippen molar-refractivity contribution in [2.75, 3.05) is 11.4 Å². The molecule has 2 heteroatoms. The first-order chi connectivity index (χ1) is 7.45. The molecule has 0 saturated carbocycles. The Labute approximate surface area is 89.4 Å². The fourth-order valence-corrected chi connectivity index (χ4v) is 1.90. The quantitative estimate of drug-likeness (QED) is 0.681. The van der Waals surface area contributed by atoms with Gasteiger partial charge in [-0.15, -0.1) is 0 Å². The number of fused-ring (bicyclic) bond motifs is 1. The topological polar surface area (TPSA) is 6.48 Å². The lowest BCUT2D eigenvalue weighted by atomic mass is 10.3. The van der Waals surface area contributed by atoms with Gasteiger partial charge in [0, 0.05) is 24.6 Å². The van der Waals surface area contributed by atoms with Gasteiger partial charge in [-0.05, 0) is 18.2 Å². The van der Waals surface area contributed by atoms with Gasteiger partial charge in [-0.2, -0.15) is 0 Å². The summed E-state index contributed by atoms with van der Waals surface area (Å²) in [6.45, 7) is 0.964. The van der Waals surface area contributed by atoms with E-state index in [0.29, 0.717) is 0 Å². The lowest BCUT2D eigenvalue weighted by molar-refractivity contribution is 0.524. The Morgan fingerprint density at radius 1 is 1.00 bits per heavy atom. The Balaban J connectivity index is 1.98. The van der Waals surface area contributed by atoms with E-state index in [9.17, 15) is 0 Å². The molecular formula is C13H12N2. The molecule has 74 valence electrons. The maximum Gasteiger partial charge on any atom is 0.117 e. The average Bonchev–Trinajstić information content (AvgIpc) is 2.74. The molecule has 0 radical (unpaired) electrons. The van der Waals surface area contributed by atoms with Crippen LogP contribution in [-0.2, 0) is 0 Å². The standard InChI is InChI=1S/C13H12N2/c1-2-6-12(7-3-1)15-11-10-14-9-5-4-8-13(14)15/h1-8,10-11H,9H2. The number of nitrogens with zero attached hydrogens (tertiary/aromatic N) is 2. The van der Waals surface area contributed by atoms with Crippen LogP contribution in [0.3, 0.4) is 0 Å². The minimum Gasteiger partial charge on any atom is -0.329 e. The van der Waals surface area contributed by atoms with E-state index in [1.807, 2.05) is 6.07 Å². The molecule has 0 amide bonds. The smallest absolute Gasteiger partial charge is 0.117 e. The van der Waals surface area contributed by atoms with Crippen LogP contribution in [0.15, 0.2) is 66.8 Å². The molecule has 0 aliphatic carbocycles. The maximum absolute atomic E-state index is 2.23. The third kappa shape index (κ3) is 1.34. The van der Waals surface area contributed by atoms with Crippen LogP contribution in [0.2, 0.25) is 0 Å². The van der Waals surface area contributed by atoms with Gasteiger partial charge < -0.3 is 9.80 Å². The monoisotopic (exact) mass is 196 g/mol. The van der Waals surface area contributed by atoms with E-state index in [-0.39, 0.29) is 0 Å². The van der Waals surface area contributed by atoms with Crippen LogP contribution in [0.1, 0.15) is 0 Å². The van der Waals surface area contributed by atoms with Crippen molar-refractivity contribution < 1.29 is 0 Å². The zero-order valence-electron chi connectivity index (χ0n) is 8.38. The van der Waals surface area contributed by atoms with Crippen LogP contribution in [-0.4, -0.2) is 11.4 Å². The minimum atomic E-state index is 0.964. The van der Waals surface area contributed by atoms with Crippen LogP contribution < -0.4 is 4.90 Å². The number of allylic oxidation sites excluding steroid dienone is 2. The summed E-state index contributed by atoms with van der Waals surface area (Å²) in [5.74, 6) is 1.23. The fourth-order valence-electron chi connectivity index (χ4n) is 1.90. The maximum atomic E-state index is 2.23. The molecule has 0 bridgehead atoms. The molecule has 1 aromatic carbocycles. The van der Waals surface area contributed by atoms with Crippen LogP contribution in [0.4, 0.5) is 5.69 Å². The molecule has 0 N–H and O–H groups in total. The lowest BCUT2D eigenvalue weighted by Crippen LogP contribution is -2.24. The molecule has 2 heterocycles. The fraction of sp³-hybridized carbons (Fsp3) is 0.0769. The summed E-state index contributed by atoms with van der Waals surface area (Å²) >= 11 is 0. The molecule has 0 saturated heterocycles. The second-order valence-corrected chi connectivity index (χ2v) is 3.61. The van der Waals surface area contributed by atoms with E-state index in [4.69, 9.17) is 0 Å². The molecule has 0 atom stereocenters. The second kappa shape index (κ2) is 3.31. The summed E-state index contributed by atoms with van der Waals surface area (Å²) in [6, 6.07) is 10.4. The largest absolute Gasteiger partial charge is 0.329 e. The van der Waals surface area contributed by atoms with Crippen molar-refractivity contribution in [1.29, 1.82) is 0 Å². The summed E-state index contributed by atoms with van der Waals surface area (Å²) in [5.41, 5.74) is 1.21. The van der Waals surface area contributed by atoms with Gasteiger partial charge in [0.1, 0.15) is 5.82 Å². The van der Waals surface area contributed by atoms with Crippen molar-refractivity contribution in [2.24, 2.45) is 0 Å². The average molecular weight is 196 g/mol. The number of benzene rings is 1. The SMILES string of the molecule is C1=CCN2C=CN(c3ccccc3)C2=C1. The molecular weight excluding hydrogens is 184 g/mol. The normalized spacial score (nSPS) is 18.0. The third-order valence-electron chi connectivity index (χ3n) is 2.65. The molecule has 2 aliphatic heterocycles. The van der Waals surface area contributed by atoms with Crippen molar-refractivity contribution in [2.45, 2.75) is 0 Å². The Bertz CT molecular complexity index is 443. The van der Waals surface area contributed by atoms with Crippen LogP contribution in [0.25, 0.3) is 0 Å². The highest BCUT2D eigenvalue weighted by molar-refractivity contribution is 5.58. The molecule has 1 aromatic rings. The first kappa shape index (κ1) is 8.36. The Kier molecular flexibility index (Phi) is 1.85. The Hall–Kier alpha value is -1.96. The summed E-state index contributed by atoms with van der Waals surface area (Å²) in [5, 5.41) is 0. The van der Waals surface area contributed by atoms with Crippen LogP contribution in [0.5, 0.6) is 0 Å². The summed E-state index contributed by atoms with van der Waals surface area (Å²) in [4.78, 5) is 4.43. The summed E-state index contributed by atoms with van der Waals surface area (Å²) in [7, 11) is 0. The minimum absolute atomic E-state index is 0.964. The predicted molar refractivity (Wildman–Crippen MR) is 62.0 cm³/mol. The number of rotatable bonds is 1. The highest BCUT2D eigenvalue weighted by Gasteiger charge is 2.20. The molecule has 0 aromatic heterocycles. The number of hydrogen-bond donors (Lipinski definition) is 0. The zero-order valence-corrected chi connectivity index (χ0v) is 8.38. The Morgan fingerprint density at radius 2 is 1.87 bits per heavy atom. The van der Waals surface area contributed by atoms with Crippen molar-refractivity contribution >= 4 is 5.69 Å². The summed E-state index contributed by atoms with van der Waals surface area (Å²) in [6.07, 6.45) is 10.6. The highest BCUT2D eigenvalue weighted by atomic mass is 15.4. The molecule has 2 nitrogen and oxygen atoms in total. The second-order valence-electron chi connectivity index (χ2n) is 3.61. The van der Waals surface area contributed by atoms with E-state index < -0.39 is 0 Å². The number of anilines is 1. The van der Waals surface area contributed by atoms with E-state index in [2.05, 4.69) is 64.7 Å². The first-order valence-electron chi connectivity index (χ1n) is 5.11. The van der Waals surface area contributed by atoms with Gasteiger partial charge in [-0.3, -0.25) is 0 Å². The van der Waals surface area contributed by atoms with Gasteiger partial charge >= 0.3 is 0 Å². The number of hydrogen-bond acceptors (Lipinski definition) is 2. The zero-order chi connectivity index (χ0) is 10.1. The lowest BCUT2D eigenvalue weighted by Gasteiger charge is -2.25. The van der Waals surface area contributed by atoms with Crippen molar-refractivity contribution in [3.8, 4) is 0 Å². The van der Waals surface area contributed by atoms with Gasteiger partial charge in [0.15, 0.2) is 0 Å². The van der Waals surface area contributed by atoms with Crippen LogP contribution >= 0.6 is 0 Å². The third-order valence-corrected chi connectivity index (χ3v) is 2.65. The van der Waals surface area contributed by atoms with Gasteiger partial charge in [-0.1, -0.05) is 30.4 Å². The molecule has 15 heavy (non-hydrogen) atoms. The first-order valence-corrected chi connectivity index (χ1v) is 5.11. The molecule has 2 aliphatic rings. The van der Waals surface area contributed by atoms with Gasteiger partial charge in [0.25, 0.3) is 0 Å². The van der Waals surface area contributed by atoms with Crippen molar-refractivity contribution in [3.63, 3.8) is 0 Å². The van der Waals surface area contributed by atoms with Gasteiger partial charge in [0.2, 0.25) is 0 Å². The predicted octanol–water partition coefficient (Wildman–Crippen LogP) is 2.69. The Morgan fingerprint density at radius 3 is 2.73 bits per heavy atom. The van der Waals surface area contributed by atoms with Crippen molar-refractivity contribution in [1.82, 2.24) is 4.90 Å². The van der Waals surface area contributed by atoms with Gasteiger partial charge in [-0.25, -0.2) is 0 Å². The van der Waals surface area contributed by atoms with Gasteiger partial charge in [0.05, 0.1) is 0 Å². The molecule has 0 unspecified atom stereocenters. The van der Waals surface area contributed by atoms with Crippen molar-refractivity contribution in [3.05, 3.63) is 66.8 Å². The van der Waals surface area contributed by atoms with E-state index in [1.165, 1.54) is 11.5 Å². The van der Waals surface area contributed by atoms with E-state index in [0.717, 1.165) is 6.54 Å². The molecule has 0 fully saturated rings. The number of para-hydroxylation sites is 1. The molecule has 3 rings (SSSR count).